The van der Waals surface area contributed by atoms with Gasteiger partial charge >= 0.3 is 0 Å². The number of pyridine rings is 2. The number of rotatable bonds is 5. The fraction of sp³-hybridized carbons (Fsp3) is 0.0556. The molecular weight excluding hydrogens is 336 g/mol. The first-order valence-electron chi connectivity index (χ1n) is 7.41. The highest BCUT2D eigenvalue weighted by molar-refractivity contribution is 7.99. The molecule has 0 spiro atoms. The van der Waals surface area contributed by atoms with Gasteiger partial charge in [-0.25, -0.2) is 9.55 Å². The highest BCUT2D eigenvalue weighted by atomic mass is 32.2. The third-order valence-corrected chi connectivity index (χ3v) is 4.46. The maximum Gasteiger partial charge on any atom is 0.269 e. The molecule has 6 nitrogen and oxygen atoms in total. The molecule has 0 aliphatic carbocycles. The summed E-state index contributed by atoms with van der Waals surface area (Å²) in [5.74, 6) is 0. The first-order chi connectivity index (χ1) is 12.2. The SMILES string of the molecule is N#Cc1cc(C[n+]2ccccc2)cnc1Sc1ccc([N+](=O)[O-])cc1. The van der Waals surface area contributed by atoms with Gasteiger partial charge in [-0.15, -0.1) is 0 Å². The molecule has 7 heteroatoms. The van der Waals surface area contributed by atoms with Crippen LogP contribution in [0.2, 0.25) is 0 Å². The van der Waals surface area contributed by atoms with Crippen molar-refractivity contribution < 1.29 is 9.49 Å². The maximum atomic E-state index is 10.7. The maximum absolute atomic E-state index is 10.7. The Bertz CT molecular complexity index is 938. The zero-order chi connectivity index (χ0) is 17.6. The largest absolute Gasteiger partial charge is 0.269 e. The highest BCUT2D eigenvalue weighted by Gasteiger charge is 2.11. The zero-order valence-corrected chi connectivity index (χ0v) is 13.9. The molecule has 0 amide bonds. The van der Waals surface area contributed by atoms with Crippen LogP contribution in [0.25, 0.3) is 0 Å². The lowest BCUT2D eigenvalue weighted by Gasteiger charge is -2.05. The predicted molar refractivity (Wildman–Crippen MR) is 91.9 cm³/mol. The van der Waals surface area contributed by atoms with Crippen LogP contribution >= 0.6 is 11.8 Å². The summed E-state index contributed by atoms with van der Waals surface area (Å²) in [5, 5.41) is 20.7. The smallest absolute Gasteiger partial charge is 0.258 e. The molecule has 0 fully saturated rings. The first kappa shape index (κ1) is 16.6. The van der Waals surface area contributed by atoms with Crippen molar-refractivity contribution in [3.63, 3.8) is 0 Å². The normalized spacial score (nSPS) is 10.2. The van der Waals surface area contributed by atoms with Crippen molar-refractivity contribution in [3.8, 4) is 6.07 Å². The summed E-state index contributed by atoms with van der Waals surface area (Å²) in [7, 11) is 0. The van der Waals surface area contributed by atoms with Crippen LogP contribution < -0.4 is 4.57 Å². The van der Waals surface area contributed by atoms with Gasteiger partial charge in [0.15, 0.2) is 18.9 Å². The Morgan fingerprint density at radius 1 is 1.20 bits per heavy atom. The van der Waals surface area contributed by atoms with E-state index >= 15 is 0 Å². The molecule has 25 heavy (non-hydrogen) atoms. The van der Waals surface area contributed by atoms with Crippen molar-refractivity contribution >= 4 is 17.4 Å². The second kappa shape index (κ2) is 7.55. The summed E-state index contributed by atoms with van der Waals surface area (Å²) in [6.45, 7) is 0.630. The lowest BCUT2D eigenvalue weighted by atomic mass is 10.2. The number of nitro groups is 1. The number of non-ortho nitro benzene ring substituents is 1. The van der Waals surface area contributed by atoms with Gasteiger partial charge in [-0.1, -0.05) is 17.8 Å². The minimum absolute atomic E-state index is 0.0352. The molecule has 3 aromatic rings. The second-order valence-corrected chi connectivity index (χ2v) is 6.27. The van der Waals surface area contributed by atoms with E-state index in [1.807, 2.05) is 41.2 Å². The Balaban J connectivity index is 1.80. The Labute approximate surface area is 148 Å². The fourth-order valence-electron chi connectivity index (χ4n) is 2.24. The molecular formula is C18H13N4O2S+. The van der Waals surface area contributed by atoms with E-state index in [1.54, 1.807) is 18.3 Å². The first-order valence-corrected chi connectivity index (χ1v) is 8.23. The molecule has 122 valence electrons. The van der Waals surface area contributed by atoms with Crippen LogP contribution in [-0.2, 0) is 6.54 Å². The van der Waals surface area contributed by atoms with Crippen LogP contribution in [0.4, 0.5) is 5.69 Å². The standard InChI is InChI=1S/C18H13N4O2S/c19-11-15-10-14(13-21-8-2-1-3-9-21)12-20-18(15)25-17-6-4-16(5-7-17)22(23)24/h1-10,12H,13H2/q+1. The van der Waals surface area contributed by atoms with Crippen molar-refractivity contribution in [2.24, 2.45) is 0 Å². The van der Waals surface area contributed by atoms with E-state index in [-0.39, 0.29) is 5.69 Å². The summed E-state index contributed by atoms with van der Waals surface area (Å²) in [6, 6.07) is 16.0. The van der Waals surface area contributed by atoms with Crippen molar-refractivity contribution in [3.05, 3.63) is 88.4 Å². The molecule has 0 N–H and O–H groups in total. The van der Waals surface area contributed by atoms with Gasteiger partial charge in [0, 0.05) is 40.9 Å². The second-order valence-electron chi connectivity index (χ2n) is 5.21. The van der Waals surface area contributed by atoms with Gasteiger partial charge in [-0.3, -0.25) is 10.1 Å². The highest BCUT2D eigenvalue weighted by Crippen LogP contribution is 2.30. The van der Waals surface area contributed by atoms with E-state index in [0.29, 0.717) is 17.1 Å². The number of nitrogens with zero attached hydrogens (tertiary/aromatic N) is 4. The Kier molecular flexibility index (Phi) is 5.02. The Hall–Kier alpha value is -3.24. The number of hydrogen-bond acceptors (Lipinski definition) is 5. The zero-order valence-electron chi connectivity index (χ0n) is 13.1. The van der Waals surface area contributed by atoms with Crippen LogP contribution in [0.1, 0.15) is 11.1 Å². The summed E-state index contributed by atoms with van der Waals surface area (Å²) in [6.07, 6.45) is 5.64. The number of hydrogen-bond donors (Lipinski definition) is 0. The van der Waals surface area contributed by atoms with Gasteiger partial charge in [0.2, 0.25) is 0 Å². The third kappa shape index (κ3) is 4.19. The van der Waals surface area contributed by atoms with Crippen molar-refractivity contribution in [2.75, 3.05) is 0 Å². The van der Waals surface area contributed by atoms with Crippen molar-refractivity contribution in [1.82, 2.24) is 4.98 Å². The fourth-order valence-corrected chi connectivity index (χ4v) is 3.06. The Morgan fingerprint density at radius 3 is 2.56 bits per heavy atom. The van der Waals surface area contributed by atoms with E-state index < -0.39 is 4.92 Å². The molecule has 0 atom stereocenters. The van der Waals surface area contributed by atoms with Crippen LogP contribution in [0.5, 0.6) is 0 Å². The van der Waals surface area contributed by atoms with Gasteiger partial charge < -0.3 is 0 Å². The number of aromatic nitrogens is 2. The molecule has 0 saturated carbocycles. The molecule has 0 aliphatic rings. The van der Waals surface area contributed by atoms with Crippen molar-refractivity contribution in [2.45, 2.75) is 16.5 Å². The molecule has 0 bridgehead atoms. The quantitative estimate of drug-likeness (QED) is 0.401. The van der Waals surface area contributed by atoms with Gasteiger partial charge in [0.25, 0.3) is 5.69 Å². The van der Waals surface area contributed by atoms with Gasteiger partial charge in [0.05, 0.1) is 10.5 Å². The van der Waals surface area contributed by atoms with Crippen LogP contribution in [0, 0.1) is 21.4 Å². The molecule has 0 radical (unpaired) electrons. The van der Waals surface area contributed by atoms with Gasteiger partial charge in [0.1, 0.15) is 11.1 Å². The number of nitriles is 1. The monoisotopic (exact) mass is 349 g/mol. The van der Waals surface area contributed by atoms with E-state index in [4.69, 9.17) is 0 Å². The average molecular weight is 349 g/mol. The molecule has 0 aliphatic heterocycles. The van der Waals surface area contributed by atoms with Crippen LogP contribution in [0.3, 0.4) is 0 Å². The van der Waals surface area contributed by atoms with E-state index in [2.05, 4.69) is 11.1 Å². The summed E-state index contributed by atoms with van der Waals surface area (Å²) in [5.41, 5.74) is 1.45. The third-order valence-electron chi connectivity index (χ3n) is 3.43. The summed E-state index contributed by atoms with van der Waals surface area (Å²) < 4.78 is 2.00. The molecule has 1 aromatic carbocycles. The molecule has 0 saturated heterocycles. The van der Waals surface area contributed by atoms with Gasteiger partial charge in [-0.05, 0) is 18.2 Å². The number of benzene rings is 1. The molecule has 2 heterocycles. The summed E-state index contributed by atoms with van der Waals surface area (Å²) in [4.78, 5) is 15.4. The van der Waals surface area contributed by atoms with Crippen LogP contribution in [-0.4, -0.2) is 9.91 Å². The average Bonchev–Trinajstić information content (AvgIpc) is 2.64. The summed E-state index contributed by atoms with van der Waals surface area (Å²) >= 11 is 1.31. The molecule has 3 rings (SSSR count). The van der Waals surface area contributed by atoms with Gasteiger partial charge in [-0.2, -0.15) is 5.26 Å². The minimum atomic E-state index is -0.441. The molecule has 0 unspecified atom stereocenters. The van der Waals surface area contributed by atoms with Crippen molar-refractivity contribution in [1.29, 1.82) is 5.26 Å². The van der Waals surface area contributed by atoms with E-state index in [0.717, 1.165) is 10.5 Å². The van der Waals surface area contributed by atoms with E-state index in [9.17, 15) is 15.4 Å². The number of nitro benzene ring substituents is 1. The lowest BCUT2D eigenvalue weighted by molar-refractivity contribution is -0.688. The van der Waals surface area contributed by atoms with Crippen LogP contribution in [0.15, 0.2) is 77.0 Å². The Morgan fingerprint density at radius 2 is 1.92 bits per heavy atom. The minimum Gasteiger partial charge on any atom is -0.258 e. The van der Waals surface area contributed by atoms with E-state index in [1.165, 1.54) is 23.9 Å². The topological polar surface area (TPSA) is 83.7 Å². The lowest BCUT2D eigenvalue weighted by Crippen LogP contribution is -2.32. The molecule has 2 aromatic heterocycles. The predicted octanol–water partition coefficient (Wildman–Crippen LogP) is 3.35.